The number of ether oxygens (including phenoxy) is 1. The summed E-state index contributed by atoms with van der Waals surface area (Å²) in [6, 6.07) is 6.28. The molecule has 0 spiro atoms. The standard InChI is InChI=1S/C17H22N2OS/c1-12-5-6-14(10-13(12)2)20-9-3-4-17-19-15-7-8-18-11-16(15)21-17/h5-6,10,18H,3-4,7-9,11H2,1-2H3. The molecule has 2 aromatic rings. The van der Waals surface area contributed by atoms with Gasteiger partial charge in [0, 0.05) is 30.8 Å². The first-order valence-electron chi connectivity index (χ1n) is 7.60. The number of rotatable bonds is 5. The van der Waals surface area contributed by atoms with E-state index >= 15 is 0 Å². The van der Waals surface area contributed by atoms with Crippen LogP contribution in [0.1, 0.15) is 33.1 Å². The monoisotopic (exact) mass is 302 g/mol. The molecule has 21 heavy (non-hydrogen) atoms. The van der Waals surface area contributed by atoms with E-state index < -0.39 is 0 Å². The maximum atomic E-state index is 5.83. The number of hydrogen-bond donors (Lipinski definition) is 1. The molecule has 3 rings (SSSR count). The van der Waals surface area contributed by atoms with Crippen LogP contribution in [0.3, 0.4) is 0 Å². The van der Waals surface area contributed by atoms with Crippen LogP contribution < -0.4 is 10.1 Å². The number of nitrogens with zero attached hydrogens (tertiary/aromatic N) is 1. The minimum absolute atomic E-state index is 0.755. The van der Waals surface area contributed by atoms with Crippen molar-refractivity contribution in [1.82, 2.24) is 10.3 Å². The highest BCUT2D eigenvalue weighted by molar-refractivity contribution is 7.11. The first-order chi connectivity index (χ1) is 10.2. The molecule has 0 saturated heterocycles. The number of thiazole rings is 1. The number of hydrogen-bond acceptors (Lipinski definition) is 4. The number of benzene rings is 1. The largest absolute Gasteiger partial charge is 0.494 e. The van der Waals surface area contributed by atoms with E-state index in [0.717, 1.165) is 44.7 Å². The van der Waals surface area contributed by atoms with Crippen LogP contribution in [0, 0.1) is 13.8 Å². The maximum Gasteiger partial charge on any atom is 0.119 e. The summed E-state index contributed by atoms with van der Waals surface area (Å²) in [6.45, 7) is 7.05. The number of nitrogens with one attached hydrogen (secondary N) is 1. The van der Waals surface area contributed by atoms with Gasteiger partial charge in [0.2, 0.25) is 0 Å². The zero-order valence-electron chi connectivity index (χ0n) is 12.7. The van der Waals surface area contributed by atoms with Crippen LogP contribution in [0.15, 0.2) is 18.2 Å². The zero-order valence-corrected chi connectivity index (χ0v) is 13.6. The molecule has 1 aliphatic rings. The van der Waals surface area contributed by atoms with E-state index in [9.17, 15) is 0 Å². The van der Waals surface area contributed by atoms with Gasteiger partial charge in [0.25, 0.3) is 0 Å². The third-order valence-electron chi connectivity index (χ3n) is 3.93. The molecule has 112 valence electrons. The average molecular weight is 302 g/mol. The Kier molecular flexibility index (Phi) is 4.56. The van der Waals surface area contributed by atoms with E-state index in [4.69, 9.17) is 9.72 Å². The Hall–Kier alpha value is -1.39. The Morgan fingerprint density at radius 3 is 3.00 bits per heavy atom. The molecule has 4 heteroatoms. The second-order valence-corrected chi connectivity index (χ2v) is 6.77. The van der Waals surface area contributed by atoms with E-state index in [1.165, 1.54) is 26.7 Å². The normalized spacial score (nSPS) is 14.0. The van der Waals surface area contributed by atoms with Crippen molar-refractivity contribution in [2.75, 3.05) is 13.2 Å². The number of fused-ring (bicyclic) bond motifs is 1. The van der Waals surface area contributed by atoms with Crippen LogP contribution in [0.5, 0.6) is 5.75 Å². The Labute approximate surface area is 130 Å². The minimum atomic E-state index is 0.755. The van der Waals surface area contributed by atoms with Gasteiger partial charge in [-0.15, -0.1) is 11.3 Å². The van der Waals surface area contributed by atoms with Crippen molar-refractivity contribution in [2.45, 2.75) is 39.7 Å². The molecule has 0 fully saturated rings. The van der Waals surface area contributed by atoms with Crippen LogP contribution in [-0.2, 0) is 19.4 Å². The van der Waals surface area contributed by atoms with Gasteiger partial charge in [-0.05, 0) is 43.5 Å². The quantitative estimate of drug-likeness (QED) is 0.859. The maximum absolute atomic E-state index is 5.83. The second-order valence-electron chi connectivity index (χ2n) is 5.60. The van der Waals surface area contributed by atoms with Crippen molar-refractivity contribution in [3.05, 3.63) is 44.9 Å². The molecule has 0 aliphatic carbocycles. The van der Waals surface area contributed by atoms with Crippen molar-refractivity contribution < 1.29 is 4.74 Å². The molecule has 1 aromatic carbocycles. The minimum Gasteiger partial charge on any atom is -0.494 e. The van der Waals surface area contributed by atoms with Gasteiger partial charge < -0.3 is 10.1 Å². The van der Waals surface area contributed by atoms with Gasteiger partial charge in [0.05, 0.1) is 17.3 Å². The lowest BCUT2D eigenvalue weighted by Crippen LogP contribution is -2.22. The highest BCUT2D eigenvalue weighted by Gasteiger charge is 2.14. The molecule has 0 atom stereocenters. The SMILES string of the molecule is Cc1ccc(OCCCc2nc3c(s2)CNCC3)cc1C. The molecule has 1 N–H and O–H groups in total. The van der Waals surface area contributed by atoms with Crippen LogP contribution >= 0.6 is 11.3 Å². The first-order valence-corrected chi connectivity index (χ1v) is 8.42. The molecule has 0 radical (unpaired) electrons. The molecular formula is C17H22N2OS. The van der Waals surface area contributed by atoms with E-state index in [1.807, 2.05) is 11.3 Å². The smallest absolute Gasteiger partial charge is 0.119 e. The molecule has 1 aromatic heterocycles. The summed E-state index contributed by atoms with van der Waals surface area (Å²) in [6.07, 6.45) is 3.11. The van der Waals surface area contributed by atoms with Gasteiger partial charge in [-0.1, -0.05) is 6.07 Å². The third kappa shape index (κ3) is 3.63. The van der Waals surface area contributed by atoms with Crippen LogP contribution in [0.4, 0.5) is 0 Å². The predicted octanol–water partition coefficient (Wildman–Crippen LogP) is 3.42. The summed E-state index contributed by atoms with van der Waals surface area (Å²) in [7, 11) is 0. The van der Waals surface area contributed by atoms with E-state index in [0.29, 0.717) is 0 Å². The molecule has 0 saturated carbocycles. The average Bonchev–Trinajstić information content (AvgIpc) is 2.90. The molecular weight excluding hydrogens is 280 g/mol. The summed E-state index contributed by atoms with van der Waals surface area (Å²) >= 11 is 1.86. The van der Waals surface area contributed by atoms with Crippen molar-refractivity contribution in [3.63, 3.8) is 0 Å². The summed E-state index contributed by atoms with van der Waals surface area (Å²) in [5, 5.41) is 4.66. The Bertz CT molecular complexity index is 598. The number of aryl methyl sites for hydroxylation is 3. The van der Waals surface area contributed by atoms with E-state index in [-0.39, 0.29) is 0 Å². The Morgan fingerprint density at radius 1 is 1.29 bits per heavy atom. The summed E-state index contributed by atoms with van der Waals surface area (Å²) < 4.78 is 5.83. The fraction of sp³-hybridized carbons (Fsp3) is 0.471. The molecule has 3 nitrogen and oxygen atoms in total. The van der Waals surface area contributed by atoms with E-state index in [2.05, 4.69) is 37.4 Å². The number of aromatic nitrogens is 1. The lowest BCUT2D eigenvalue weighted by molar-refractivity contribution is 0.310. The third-order valence-corrected chi connectivity index (χ3v) is 5.09. The first kappa shape index (κ1) is 14.5. The molecule has 0 amide bonds. The second kappa shape index (κ2) is 6.58. The van der Waals surface area contributed by atoms with Crippen molar-refractivity contribution >= 4 is 11.3 Å². The van der Waals surface area contributed by atoms with Crippen LogP contribution in [-0.4, -0.2) is 18.1 Å². The van der Waals surface area contributed by atoms with Gasteiger partial charge in [0.1, 0.15) is 5.75 Å². The fourth-order valence-corrected chi connectivity index (χ4v) is 3.63. The van der Waals surface area contributed by atoms with Crippen molar-refractivity contribution in [2.24, 2.45) is 0 Å². The van der Waals surface area contributed by atoms with Crippen molar-refractivity contribution in [1.29, 1.82) is 0 Å². The van der Waals surface area contributed by atoms with Crippen LogP contribution in [0.25, 0.3) is 0 Å². The summed E-state index contributed by atoms with van der Waals surface area (Å²) in [5.41, 5.74) is 3.90. The zero-order chi connectivity index (χ0) is 14.7. The lowest BCUT2D eigenvalue weighted by Gasteiger charge is -2.09. The van der Waals surface area contributed by atoms with Gasteiger partial charge in [0.15, 0.2) is 0 Å². The Balaban J connectivity index is 1.47. The van der Waals surface area contributed by atoms with Gasteiger partial charge in [-0.25, -0.2) is 4.98 Å². The van der Waals surface area contributed by atoms with Crippen molar-refractivity contribution in [3.8, 4) is 5.75 Å². The summed E-state index contributed by atoms with van der Waals surface area (Å²) in [5.74, 6) is 0.973. The molecule has 2 heterocycles. The van der Waals surface area contributed by atoms with Crippen LogP contribution in [0.2, 0.25) is 0 Å². The lowest BCUT2D eigenvalue weighted by atomic mass is 10.1. The van der Waals surface area contributed by atoms with E-state index in [1.54, 1.807) is 0 Å². The molecule has 1 aliphatic heterocycles. The molecule has 0 unspecified atom stereocenters. The predicted molar refractivity (Wildman–Crippen MR) is 87.3 cm³/mol. The fourth-order valence-electron chi connectivity index (χ4n) is 2.50. The highest BCUT2D eigenvalue weighted by Crippen LogP contribution is 2.22. The van der Waals surface area contributed by atoms with Gasteiger partial charge >= 0.3 is 0 Å². The Morgan fingerprint density at radius 2 is 2.19 bits per heavy atom. The van der Waals surface area contributed by atoms with Gasteiger partial charge in [-0.2, -0.15) is 0 Å². The highest BCUT2D eigenvalue weighted by atomic mass is 32.1. The summed E-state index contributed by atoms with van der Waals surface area (Å²) in [4.78, 5) is 6.17. The van der Waals surface area contributed by atoms with Gasteiger partial charge in [-0.3, -0.25) is 0 Å². The topological polar surface area (TPSA) is 34.1 Å². The molecule has 0 bridgehead atoms.